The van der Waals surface area contributed by atoms with Gasteiger partial charge in [-0.1, -0.05) is 54.6 Å². The first-order chi connectivity index (χ1) is 15.5. The molecule has 7 heteroatoms. The zero-order valence-corrected chi connectivity index (χ0v) is 18.5. The number of benzene rings is 2. The normalized spacial score (nSPS) is 16.1. The van der Waals surface area contributed by atoms with Gasteiger partial charge in [-0.2, -0.15) is 5.10 Å². The molecule has 4 rings (SSSR count). The molecular weight excluding hydrogens is 402 g/mol. The second-order valence-electron chi connectivity index (χ2n) is 8.35. The molecule has 1 aromatic heterocycles. The third kappa shape index (κ3) is 5.06. The summed E-state index contributed by atoms with van der Waals surface area (Å²) < 4.78 is 1.85. The molecule has 1 aliphatic heterocycles. The highest BCUT2D eigenvalue weighted by molar-refractivity contribution is 6.39. The maximum Gasteiger partial charge on any atom is 0.314 e. The Morgan fingerprint density at radius 3 is 2.53 bits per heavy atom. The molecule has 2 N–H and O–H groups in total. The molecule has 1 aliphatic rings. The minimum absolute atomic E-state index is 0.151. The fraction of sp³-hybridized carbons (Fsp3) is 0.320. The molecule has 0 unspecified atom stereocenters. The molecule has 1 fully saturated rings. The van der Waals surface area contributed by atoms with Crippen LogP contribution >= 0.6 is 0 Å². The van der Waals surface area contributed by atoms with Gasteiger partial charge in [0.2, 0.25) is 0 Å². The summed E-state index contributed by atoms with van der Waals surface area (Å²) in [5.74, 6) is -0.743. The van der Waals surface area contributed by atoms with E-state index in [9.17, 15) is 9.59 Å². The summed E-state index contributed by atoms with van der Waals surface area (Å²) >= 11 is 0. The summed E-state index contributed by atoms with van der Waals surface area (Å²) in [4.78, 5) is 27.3. The van der Waals surface area contributed by atoms with E-state index >= 15 is 0 Å². The molecule has 0 radical (unpaired) electrons. The third-order valence-corrected chi connectivity index (χ3v) is 5.96. The van der Waals surface area contributed by atoms with Crippen molar-refractivity contribution in [1.29, 1.82) is 0 Å². The van der Waals surface area contributed by atoms with Crippen molar-refractivity contribution in [3.05, 3.63) is 83.0 Å². The smallest absolute Gasteiger partial charge is 0.314 e. The van der Waals surface area contributed by atoms with E-state index in [1.54, 1.807) is 6.20 Å². The van der Waals surface area contributed by atoms with E-state index in [1.807, 2.05) is 48.9 Å². The number of rotatable bonds is 6. The monoisotopic (exact) mass is 431 g/mol. The third-order valence-electron chi connectivity index (χ3n) is 5.96. The molecular formula is C25H29N5O2. The van der Waals surface area contributed by atoms with Crippen molar-refractivity contribution in [3.63, 3.8) is 0 Å². The lowest BCUT2D eigenvalue weighted by Crippen LogP contribution is -2.36. The molecule has 3 aromatic rings. The van der Waals surface area contributed by atoms with Crippen LogP contribution in [0.4, 0.5) is 5.82 Å². The molecule has 2 aromatic carbocycles. The number of nitrogens with one attached hydrogen (secondary N) is 2. The average molecular weight is 432 g/mol. The summed E-state index contributed by atoms with van der Waals surface area (Å²) in [7, 11) is 0. The summed E-state index contributed by atoms with van der Waals surface area (Å²) in [5, 5.41) is 9.99. The Labute approximate surface area is 188 Å². The van der Waals surface area contributed by atoms with Crippen molar-refractivity contribution in [2.45, 2.75) is 39.4 Å². The fourth-order valence-corrected chi connectivity index (χ4v) is 4.11. The number of hydrogen-bond donors (Lipinski definition) is 2. The second-order valence-corrected chi connectivity index (χ2v) is 8.35. The Balaban J connectivity index is 1.37. The quantitative estimate of drug-likeness (QED) is 0.588. The van der Waals surface area contributed by atoms with E-state index in [4.69, 9.17) is 0 Å². The van der Waals surface area contributed by atoms with Crippen molar-refractivity contribution in [1.82, 2.24) is 20.0 Å². The number of likely N-dealkylation sites (tertiary alicyclic amines) is 1. The van der Waals surface area contributed by atoms with Gasteiger partial charge in [-0.3, -0.25) is 14.5 Å². The maximum absolute atomic E-state index is 12.6. The summed E-state index contributed by atoms with van der Waals surface area (Å²) in [6.45, 7) is 6.88. The molecule has 0 aliphatic carbocycles. The van der Waals surface area contributed by atoms with Gasteiger partial charge in [0.25, 0.3) is 0 Å². The van der Waals surface area contributed by atoms with Crippen LogP contribution in [0.25, 0.3) is 0 Å². The second kappa shape index (κ2) is 9.78. The first-order valence-electron chi connectivity index (χ1n) is 11.0. The van der Waals surface area contributed by atoms with Gasteiger partial charge in [-0.15, -0.1) is 0 Å². The number of anilines is 1. The minimum Gasteiger partial charge on any atom is -0.344 e. The van der Waals surface area contributed by atoms with Crippen LogP contribution in [0.5, 0.6) is 0 Å². The number of nitrogens with zero attached hydrogens (tertiary/aromatic N) is 3. The van der Waals surface area contributed by atoms with Crippen LogP contribution in [-0.4, -0.2) is 39.6 Å². The van der Waals surface area contributed by atoms with E-state index in [0.717, 1.165) is 42.7 Å². The van der Waals surface area contributed by atoms with E-state index in [0.29, 0.717) is 12.4 Å². The van der Waals surface area contributed by atoms with Crippen molar-refractivity contribution < 1.29 is 9.59 Å². The zero-order chi connectivity index (χ0) is 22.5. The van der Waals surface area contributed by atoms with Crippen LogP contribution in [0, 0.1) is 13.8 Å². The molecule has 0 spiro atoms. The topological polar surface area (TPSA) is 79.3 Å². The van der Waals surface area contributed by atoms with Gasteiger partial charge in [0.15, 0.2) is 0 Å². The van der Waals surface area contributed by atoms with E-state index in [-0.39, 0.29) is 6.04 Å². The van der Waals surface area contributed by atoms with E-state index in [2.05, 4.69) is 44.9 Å². The van der Waals surface area contributed by atoms with E-state index < -0.39 is 11.8 Å². The van der Waals surface area contributed by atoms with Gasteiger partial charge < -0.3 is 10.6 Å². The lowest BCUT2D eigenvalue weighted by molar-refractivity contribution is -0.136. The molecule has 0 bridgehead atoms. The Morgan fingerprint density at radius 1 is 1.00 bits per heavy atom. The van der Waals surface area contributed by atoms with Crippen LogP contribution in [0.2, 0.25) is 0 Å². The number of carbonyl (C=O) groups excluding carboxylic acids is 2. The lowest BCUT2D eigenvalue weighted by Gasteiger charge is -2.18. The largest absolute Gasteiger partial charge is 0.344 e. The number of amides is 2. The van der Waals surface area contributed by atoms with Crippen molar-refractivity contribution in [2.24, 2.45) is 0 Å². The Hall–Kier alpha value is -3.45. The zero-order valence-electron chi connectivity index (χ0n) is 18.5. The molecule has 0 saturated carbocycles. The average Bonchev–Trinajstić information content (AvgIpc) is 3.40. The van der Waals surface area contributed by atoms with Crippen LogP contribution in [-0.2, 0) is 22.7 Å². The molecule has 2 heterocycles. The number of hydrogen-bond acceptors (Lipinski definition) is 4. The van der Waals surface area contributed by atoms with Crippen LogP contribution < -0.4 is 10.6 Å². The summed E-state index contributed by atoms with van der Waals surface area (Å²) in [5.41, 5.74) is 4.18. The Morgan fingerprint density at radius 2 is 1.75 bits per heavy atom. The summed E-state index contributed by atoms with van der Waals surface area (Å²) in [6.07, 6.45) is 2.68. The van der Waals surface area contributed by atoms with Gasteiger partial charge in [0, 0.05) is 31.7 Å². The number of aromatic nitrogens is 2. The highest BCUT2D eigenvalue weighted by atomic mass is 16.2. The molecule has 7 nitrogen and oxygen atoms in total. The van der Waals surface area contributed by atoms with Crippen molar-refractivity contribution >= 4 is 17.6 Å². The first kappa shape index (κ1) is 21.8. The van der Waals surface area contributed by atoms with Gasteiger partial charge in [0.05, 0.1) is 12.2 Å². The minimum atomic E-state index is -0.678. The van der Waals surface area contributed by atoms with Crippen molar-refractivity contribution in [2.75, 3.05) is 18.4 Å². The van der Waals surface area contributed by atoms with Gasteiger partial charge in [0.1, 0.15) is 5.82 Å². The molecule has 1 atom stereocenters. The van der Waals surface area contributed by atoms with Crippen LogP contribution in [0.1, 0.15) is 34.7 Å². The van der Waals surface area contributed by atoms with Gasteiger partial charge >= 0.3 is 11.8 Å². The summed E-state index contributed by atoms with van der Waals surface area (Å²) in [6, 6.07) is 18.3. The Bertz CT molecular complexity index is 1090. The molecule has 2 amide bonds. The standard InChI is InChI=1S/C25H29N5O2/c1-18-8-6-7-11-21(18)15-26-24(31)25(32)28-23-19(2)14-27-30(23)22-12-13-29(17-22)16-20-9-4-3-5-10-20/h3-11,14,22H,12-13,15-17H2,1-2H3,(H,26,31)(H,28,32)/t22-/m0/s1. The van der Waals surface area contributed by atoms with Crippen molar-refractivity contribution in [3.8, 4) is 0 Å². The fourth-order valence-electron chi connectivity index (χ4n) is 4.11. The lowest BCUT2D eigenvalue weighted by atomic mass is 10.1. The predicted molar refractivity (Wildman–Crippen MR) is 124 cm³/mol. The number of aryl methyl sites for hydroxylation is 2. The van der Waals surface area contributed by atoms with Crippen LogP contribution in [0.3, 0.4) is 0 Å². The predicted octanol–water partition coefficient (Wildman–Crippen LogP) is 3.20. The highest BCUT2D eigenvalue weighted by Crippen LogP contribution is 2.27. The molecule has 1 saturated heterocycles. The van der Waals surface area contributed by atoms with Crippen LogP contribution in [0.15, 0.2) is 60.8 Å². The first-order valence-corrected chi connectivity index (χ1v) is 11.0. The molecule has 166 valence electrons. The SMILES string of the molecule is Cc1ccccc1CNC(=O)C(=O)Nc1c(C)cnn1[C@H]1CCN(Cc2ccccc2)C1. The van der Waals surface area contributed by atoms with Gasteiger partial charge in [-0.05, 0) is 37.0 Å². The highest BCUT2D eigenvalue weighted by Gasteiger charge is 2.28. The number of carbonyl (C=O) groups is 2. The van der Waals surface area contributed by atoms with E-state index in [1.165, 1.54) is 5.56 Å². The van der Waals surface area contributed by atoms with Gasteiger partial charge in [-0.25, -0.2) is 4.68 Å². The maximum atomic E-state index is 12.6. The molecule has 32 heavy (non-hydrogen) atoms. The Kier molecular flexibility index (Phi) is 6.66.